The van der Waals surface area contributed by atoms with Crippen molar-refractivity contribution in [1.29, 1.82) is 0 Å². The molecule has 1 amide bonds. The van der Waals surface area contributed by atoms with E-state index < -0.39 is 12.1 Å². The van der Waals surface area contributed by atoms with Crippen LogP contribution in [-0.4, -0.2) is 35.7 Å². The van der Waals surface area contributed by atoms with Crippen molar-refractivity contribution in [1.82, 2.24) is 20.9 Å². The largest absolute Gasteiger partial charge is 0.471 e. The van der Waals surface area contributed by atoms with Crippen LogP contribution in [0.4, 0.5) is 13.2 Å². The average Bonchev–Trinajstić information content (AvgIpc) is 3.03. The summed E-state index contributed by atoms with van der Waals surface area (Å²) in [5.74, 6) is -1.94. The molecule has 7 nitrogen and oxygen atoms in total. The maximum absolute atomic E-state index is 12.4. The first-order valence-electron chi connectivity index (χ1n) is 6.89. The molecule has 0 saturated heterocycles. The van der Waals surface area contributed by atoms with Crippen molar-refractivity contribution in [3.8, 4) is 11.4 Å². The van der Waals surface area contributed by atoms with Crippen molar-refractivity contribution in [2.24, 2.45) is 0 Å². The lowest BCUT2D eigenvalue weighted by atomic mass is 10.1. The quantitative estimate of drug-likeness (QED) is 0.780. The number of nitrogens with zero attached hydrogens (tertiary/aromatic N) is 2. The van der Waals surface area contributed by atoms with Crippen LogP contribution in [0.25, 0.3) is 11.4 Å². The van der Waals surface area contributed by atoms with Gasteiger partial charge in [-0.15, -0.1) is 0 Å². The number of benzene rings is 1. The van der Waals surface area contributed by atoms with Crippen molar-refractivity contribution >= 4 is 5.91 Å². The number of aromatic nitrogens is 2. The van der Waals surface area contributed by atoms with E-state index in [0.717, 1.165) is 0 Å². The summed E-state index contributed by atoms with van der Waals surface area (Å²) in [6.45, 7) is 2.16. The molecule has 0 aliphatic heterocycles. The van der Waals surface area contributed by atoms with Crippen molar-refractivity contribution in [3.63, 3.8) is 0 Å². The van der Waals surface area contributed by atoms with Crippen LogP contribution in [0.2, 0.25) is 0 Å². The molecule has 0 spiro atoms. The van der Waals surface area contributed by atoms with E-state index in [9.17, 15) is 18.0 Å². The normalized spacial score (nSPS) is 12.9. The fourth-order valence-electron chi connectivity index (χ4n) is 1.82. The van der Waals surface area contributed by atoms with Gasteiger partial charge in [-0.25, -0.2) is 0 Å². The molecule has 1 heterocycles. The number of hydrogen-bond donors (Lipinski definition) is 2. The monoisotopic (exact) mass is 344 g/mol. The molecule has 0 aliphatic carbocycles. The van der Waals surface area contributed by atoms with Gasteiger partial charge in [-0.2, -0.15) is 23.6 Å². The lowest BCUT2D eigenvalue weighted by Gasteiger charge is -2.12. The molecule has 10 heteroatoms. The third kappa shape index (κ3) is 4.52. The van der Waals surface area contributed by atoms with Gasteiger partial charge in [0.05, 0.1) is 7.11 Å². The Kier molecular flexibility index (Phi) is 5.52. The predicted molar refractivity (Wildman–Crippen MR) is 76.7 cm³/mol. The molecule has 130 valence electrons. The Morgan fingerprint density at radius 3 is 2.54 bits per heavy atom. The number of rotatable bonds is 6. The Morgan fingerprint density at radius 1 is 1.33 bits per heavy atom. The van der Waals surface area contributed by atoms with Crippen LogP contribution in [-0.2, 0) is 11.0 Å². The second-order valence-electron chi connectivity index (χ2n) is 4.93. The van der Waals surface area contributed by atoms with Crippen LogP contribution in [0.15, 0.2) is 28.8 Å². The molecule has 24 heavy (non-hydrogen) atoms. The molecule has 2 aromatic rings. The van der Waals surface area contributed by atoms with Gasteiger partial charge in [0.1, 0.15) is 0 Å². The summed E-state index contributed by atoms with van der Waals surface area (Å²) in [6.07, 6.45) is -4.70. The van der Waals surface area contributed by atoms with Crippen molar-refractivity contribution < 1.29 is 27.3 Å². The lowest BCUT2D eigenvalue weighted by molar-refractivity contribution is -0.159. The highest BCUT2D eigenvalue weighted by atomic mass is 19.4. The molecule has 0 aliphatic rings. The van der Waals surface area contributed by atoms with Crippen LogP contribution in [0.5, 0.6) is 0 Å². The van der Waals surface area contributed by atoms with Crippen molar-refractivity contribution in [3.05, 3.63) is 35.7 Å². The highest BCUT2D eigenvalue weighted by molar-refractivity contribution is 5.94. The zero-order valence-corrected chi connectivity index (χ0v) is 12.8. The molecule has 0 radical (unpaired) electrons. The van der Waals surface area contributed by atoms with Gasteiger partial charge in [0, 0.05) is 23.7 Å². The first-order chi connectivity index (χ1) is 11.3. The number of carbonyl (C=O) groups is 1. The fraction of sp³-hybridized carbons (Fsp3) is 0.357. The molecule has 1 aromatic heterocycles. The smallest absolute Gasteiger partial charge is 0.350 e. The fourth-order valence-corrected chi connectivity index (χ4v) is 1.82. The minimum Gasteiger partial charge on any atom is -0.350 e. The van der Waals surface area contributed by atoms with E-state index in [-0.39, 0.29) is 17.8 Å². The van der Waals surface area contributed by atoms with Gasteiger partial charge in [0.2, 0.25) is 5.82 Å². The minimum absolute atomic E-state index is 0.0849. The van der Waals surface area contributed by atoms with Crippen molar-refractivity contribution in [2.75, 3.05) is 13.7 Å². The van der Waals surface area contributed by atoms with Crippen LogP contribution < -0.4 is 10.8 Å². The molecule has 0 saturated carbocycles. The van der Waals surface area contributed by atoms with Gasteiger partial charge in [-0.05, 0) is 19.1 Å². The van der Waals surface area contributed by atoms with Gasteiger partial charge in [0.15, 0.2) is 0 Å². The standard InChI is InChI=1S/C14H15F3N4O3/c1-8(20-23-2)7-18-12(22)10-5-3-9(4-6-10)11-19-13(24-21-11)14(15,16)17/h3-6,8,20H,7H2,1-2H3,(H,18,22). The third-order valence-electron chi connectivity index (χ3n) is 2.96. The number of halogens is 3. The van der Waals surface area contributed by atoms with Crippen LogP contribution >= 0.6 is 0 Å². The third-order valence-corrected chi connectivity index (χ3v) is 2.96. The van der Waals surface area contributed by atoms with E-state index in [1.807, 2.05) is 6.92 Å². The van der Waals surface area contributed by atoms with E-state index in [4.69, 9.17) is 4.84 Å². The average molecular weight is 344 g/mol. The lowest BCUT2D eigenvalue weighted by Crippen LogP contribution is -2.38. The molecule has 1 aromatic carbocycles. The number of nitrogens with one attached hydrogen (secondary N) is 2. The van der Waals surface area contributed by atoms with E-state index in [1.54, 1.807) is 0 Å². The Bertz CT molecular complexity index is 685. The maximum Gasteiger partial charge on any atom is 0.471 e. The Labute approximate surface area is 135 Å². The van der Waals surface area contributed by atoms with Crippen molar-refractivity contribution in [2.45, 2.75) is 19.1 Å². The van der Waals surface area contributed by atoms with Gasteiger partial charge >= 0.3 is 12.1 Å². The van der Waals surface area contributed by atoms with E-state index in [2.05, 4.69) is 25.5 Å². The minimum atomic E-state index is -4.70. The summed E-state index contributed by atoms with van der Waals surface area (Å²) in [4.78, 5) is 20.0. The highest BCUT2D eigenvalue weighted by Crippen LogP contribution is 2.29. The van der Waals surface area contributed by atoms with Gasteiger partial charge in [-0.1, -0.05) is 17.3 Å². The van der Waals surface area contributed by atoms with E-state index in [0.29, 0.717) is 17.7 Å². The number of hydroxylamine groups is 1. The zero-order valence-electron chi connectivity index (χ0n) is 12.8. The number of amides is 1. The zero-order chi connectivity index (χ0) is 17.7. The second-order valence-corrected chi connectivity index (χ2v) is 4.93. The number of carbonyl (C=O) groups excluding carboxylic acids is 1. The molecule has 2 N–H and O–H groups in total. The number of hydrogen-bond acceptors (Lipinski definition) is 6. The summed E-state index contributed by atoms with van der Waals surface area (Å²) >= 11 is 0. The summed E-state index contributed by atoms with van der Waals surface area (Å²) in [6, 6.07) is 5.72. The van der Waals surface area contributed by atoms with Gasteiger partial charge in [-0.3, -0.25) is 4.79 Å². The van der Waals surface area contributed by atoms with E-state index in [1.165, 1.54) is 31.4 Å². The molecular weight excluding hydrogens is 329 g/mol. The maximum atomic E-state index is 12.4. The summed E-state index contributed by atoms with van der Waals surface area (Å²) in [5, 5.41) is 5.97. The van der Waals surface area contributed by atoms with Crippen LogP contribution in [0.1, 0.15) is 23.2 Å². The molecule has 2 rings (SSSR count). The molecular formula is C14H15F3N4O3. The predicted octanol–water partition coefficient (Wildman–Crippen LogP) is 2.02. The summed E-state index contributed by atoms with van der Waals surface area (Å²) < 4.78 is 41.5. The number of alkyl halides is 3. The first kappa shape index (κ1) is 17.9. The second kappa shape index (κ2) is 7.41. The summed E-state index contributed by atoms with van der Waals surface area (Å²) in [5.41, 5.74) is 3.32. The van der Waals surface area contributed by atoms with Crippen LogP contribution in [0.3, 0.4) is 0 Å². The van der Waals surface area contributed by atoms with Gasteiger partial charge in [0.25, 0.3) is 5.91 Å². The van der Waals surface area contributed by atoms with E-state index >= 15 is 0 Å². The molecule has 0 bridgehead atoms. The Hall–Kier alpha value is -2.46. The van der Waals surface area contributed by atoms with Gasteiger partial charge < -0.3 is 14.7 Å². The molecule has 0 fully saturated rings. The first-order valence-corrected chi connectivity index (χ1v) is 6.89. The Morgan fingerprint density at radius 2 is 2.00 bits per heavy atom. The highest BCUT2D eigenvalue weighted by Gasteiger charge is 2.38. The summed E-state index contributed by atoms with van der Waals surface area (Å²) in [7, 11) is 1.47. The molecule has 1 unspecified atom stereocenters. The Balaban J connectivity index is 2.02. The molecule has 1 atom stereocenters. The SMILES string of the molecule is CONC(C)CNC(=O)c1ccc(-c2noc(C(F)(F)F)n2)cc1. The topological polar surface area (TPSA) is 89.3 Å². The van der Waals surface area contributed by atoms with Crippen LogP contribution in [0, 0.1) is 0 Å².